The number of benzene rings is 1. The van der Waals surface area contributed by atoms with E-state index in [1.807, 2.05) is 17.0 Å². The fourth-order valence-corrected chi connectivity index (χ4v) is 4.06. The van der Waals surface area contributed by atoms with Gasteiger partial charge in [-0.2, -0.15) is 0 Å². The molecule has 2 aliphatic rings. The second-order valence-electron chi connectivity index (χ2n) is 9.04. The summed E-state index contributed by atoms with van der Waals surface area (Å²) < 4.78 is 0. The molecule has 2 fully saturated rings. The molecule has 3 heterocycles. The predicted octanol–water partition coefficient (Wildman–Crippen LogP) is 3.34. The Kier molecular flexibility index (Phi) is 5.43. The Morgan fingerprint density at radius 3 is 1.93 bits per heavy atom. The van der Waals surface area contributed by atoms with Gasteiger partial charge in [0.2, 0.25) is 0 Å². The van der Waals surface area contributed by atoms with Gasteiger partial charge >= 0.3 is 0 Å². The standard InChI is InChI=1S/C23H31N5O/c1-23(2,3)19-8-6-18(7-9-19)22(29)28-14-12-27(13-15-28)21-16-20(24-17-25-21)26-10-4-5-11-26/h6-9,16-17H,4-5,10-15H2,1-3H3. The van der Waals surface area contributed by atoms with Crippen molar-refractivity contribution < 1.29 is 4.79 Å². The first-order valence-corrected chi connectivity index (χ1v) is 10.6. The van der Waals surface area contributed by atoms with Crippen LogP contribution in [0.2, 0.25) is 0 Å². The van der Waals surface area contributed by atoms with E-state index in [0.717, 1.165) is 43.4 Å². The number of amides is 1. The van der Waals surface area contributed by atoms with Gasteiger partial charge in [0.25, 0.3) is 5.91 Å². The van der Waals surface area contributed by atoms with E-state index >= 15 is 0 Å². The Morgan fingerprint density at radius 1 is 0.828 bits per heavy atom. The third kappa shape index (κ3) is 4.36. The fraction of sp³-hybridized carbons (Fsp3) is 0.522. The maximum atomic E-state index is 12.9. The van der Waals surface area contributed by atoms with E-state index in [9.17, 15) is 4.79 Å². The average Bonchev–Trinajstić information content (AvgIpc) is 3.28. The number of carbonyl (C=O) groups is 1. The molecule has 4 rings (SSSR count). The Hall–Kier alpha value is -2.63. The van der Waals surface area contributed by atoms with Crippen LogP contribution in [0.25, 0.3) is 0 Å². The minimum Gasteiger partial charge on any atom is -0.356 e. The summed E-state index contributed by atoms with van der Waals surface area (Å²) in [4.78, 5) is 28.4. The lowest BCUT2D eigenvalue weighted by molar-refractivity contribution is 0.0746. The Morgan fingerprint density at radius 2 is 1.38 bits per heavy atom. The fourth-order valence-electron chi connectivity index (χ4n) is 4.06. The van der Waals surface area contributed by atoms with Gasteiger partial charge in [-0.3, -0.25) is 4.79 Å². The number of hydrogen-bond acceptors (Lipinski definition) is 5. The van der Waals surface area contributed by atoms with Crippen molar-refractivity contribution in [2.75, 3.05) is 49.1 Å². The second-order valence-corrected chi connectivity index (χ2v) is 9.04. The molecule has 2 aliphatic heterocycles. The van der Waals surface area contributed by atoms with E-state index in [-0.39, 0.29) is 11.3 Å². The summed E-state index contributed by atoms with van der Waals surface area (Å²) in [6.45, 7) is 11.7. The molecule has 0 N–H and O–H groups in total. The van der Waals surface area contributed by atoms with Gasteiger partial charge in [-0.15, -0.1) is 0 Å². The van der Waals surface area contributed by atoms with E-state index in [4.69, 9.17) is 0 Å². The average molecular weight is 394 g/mol. The summed E-state index contributed by atoms with van der Waals surface area (Å²) >= 11 is 0. The van der Waals surface area contributed by atoms with Crippen LogP contribution in [0.5, 0.6) is 0 Å². The summed E-state index contributed by atoms with van der Waals surface area (Å²) in [5.74, 6) is 2.10. The Balaban J connectivity index is 1.38. The van der Waals surface area contributed by atoms with Gasteiger partial charge in [0.05, 0.1) is 0 Å². The maximum Gasteiger partial charge on any atom is 0.253 e. The molecule has 0 atom stereocenters. The van der Waals surface area contributed by atoms with E-state index in [1.165, 1.54) is 18.4 Å². The second kappa shape index (κ2) is 8.01. The van der Waals surface area contributed by atoms with Gasteiger partial charge in [-0.05, 0) is 36.0 Å². The highest BCUT2D eigenvalue weighted by Gasteiger charge is 2.24. The lowest BCUT2D eigenvalue weighted by atomic mass is 9.86. The van der Waals surface area contributed by atoms with Crippen LogP contribution in [0.15, 0.2) is 36.7 Å². The van der Waals surface area contributed by atoms with Gasteiger partial charge in [0, 0.05) is 50.9 Å². The van der Waals surface area contributed by atoms with Crippen molar-refractivity contribution in [2.24, 2.45) is 0 Å². The molecule has 2 aromatic rings. The first kappa shape index (κ1) is 19.7. The van der Waals surface area contributed by atoms with Crippen LogP contribution in [-0.2, 0) is 5.41 Å². The molecule has 1 amide bonds. The minimum absolute atomic E-state index is 0.0959. The molecule has 0 unspecified atom stereocenters. The summed E-state index contributed by atoms with van der Waals surface area (Å²) in [5.41, 5.74) is 2.11. The molecular weight excluding hydrogens is 362 g/mol. The van der Waals surface area contributed by atoms with Gasteiger partial charge in [0.15, 0.2) is 0 Å². The smallest absolute Gasteiger partial charge is 0.253 e. The van der Waals surface area contributed by atoms with Crippen LogP contribution in [0, 0.1) is 0 Å². The molecule has 29 heavy (non-hydrogen) atoms. The minimum atomic E-state index is 0.0959. The molecule has 0 bridgehead atoms. The van der Waals surface area contributed by atoms with Crippen molar-refractivity contribution in [1.29, 1.82) is 0 Å². The van der Waals surface area contributed by atoms with Crippen LogP contribution in [0.1, 0.15) is 49.5 Å². The van der Waals surface area contributed by atoms with Gasteiger partial charge in [-0.1, -0.05) is 32.9 Å². The molecule has 0 aliphatic carbocycles. The quantitative estimate of drug-likeness (QED) is 0.801. The normalized spacial score (nSPS) is 17.7. The third-order valence-electron chi connectivity index (χ3n) is 5.96. The third-order valence-corrected chi connectivity index (χ3v) is 5.96. The SMILES string of the molecule is CC(C)(C)c1ccc(C(=O)N2CCN(c3cc(N4CCCC4)ncn3)CC2)cc1. The topological polar surface area (TPSA) is 52.6 Å². The number of carbonyl (C=O) groups excluding carboxylic acids is 1. The lowest BCUT2D eigenvalue weighted by Gasteiger charge is -2.35. The van der Waals surface area contributed by atoms with Crippen molar-refractivity contribution >= 4 is 17.5 Å². The van der Waals surface area contributed by atoms with Gasteiger partial charge < -0.3 is 14.7 Å². The van der Waals surface area contributed by atoms with Crippen molar-refractivity contribution in [1.82, 2.24) is 14.9 Å². The van der Waals surface area contributed by atoms with Gasteiger partial charge in [0.1, 0.15) is 18.0 Å². The lowest BCUT2D eigenvalue weighted by Crippen LogP contribution is -2.49. The van der Waals surface area contributed by atoms with Crippen molar-refractivity contribution in [3.05, 3.63) is 47.8 Å². The maximum absolute atomic E-state index is 12.9. The summed E-state index contributed by atoms with van der Waals surface area (Å²) in [6, 6.07) is 10.2. The monoisotopic (exact) mass is 393 g/mol. The Labute approximate surface area is 173 Å². The molecular formula is C23H31N5O. The first-order valence-electron chi connectivity index (χ1n) is 10.6. The highest BCUT2D eigenvalue weighted by atomic mass is 16.2. The van der Waals surface area contributed by atoms with Crippen LogP contribution < -0.4 is 9.80 Å². The summed E-state index contributed by atoms with van der Waals surface area (Å²) in [5, 5.41) is 0. The number of aromatic nitrogens is 2. The largest absolute Gasteiger partial charge is 0.356 e. The Bertz CT molecular complexity index is 844. The molecule has 6 nitrogen and oxygen atoms in total. The molecule has 6 heteroatoms. The number of anilines is 2. The summed E-state index contributed by atoms with van der Waals surface area (Å²) in [7, 11) is 0. The van der Waals surface area contributed by atoms with Crippen molar-refractivity contribution in [3.8, 4) is 0 Å². The zero-order valence-electron chi connectivity index (χ0n) is 17.8. The highest BCUT2D eigenvalue weighted by molar-refractivity contribution is 5.94. The highest BCUT2D eigenvalue weighted by Crippen LogP contribution is 2.24. The molecule has 0 saturated carbocycles. The van der Waals surface area contributed by atoms with Crippen molar-refractivity contribution in [3.63, 3.8) is 0 Å². The zero-order valence-corrected chi connectivity index (χ0v) is 17.8. The van der Waals surface area contributed by atoms with Crippen LogP contribution in [0.3, 0.4) is 0 Å². The van der Waals surface area contributed by atoms with Crippen LogP contribution in [0.4, 0.5) is 11.6 Å². The predicted molar refractivity (Wildman–Crippen MR) is 117 cm³/mol. The first-order chi connectivity index (χ1) is 13.9. The number of nitrogens with zero attached hydrogens (tertiary/aromatic N) is 5. The zero-order chi connectivity index (χ0) is 20.4. The van der Waals surface area contributed by atoms with E-state index in [0.29, 0.717) is 13.1 Å². The van der Waals surface area contributed by atoms with E-state index < -0.39 is 0 Å². The molecule has 2 saturated heterocycles. The number of hydrogen-bond donors (Lipinski definition) is 0. The van der Waals surface area contributed by atoms with Crippen molar-refractivity contribution in [2.45, 2.75) is 39.0 Å². The van der Waals surface area contributed by atoms with Crippen LogP contribution in [-0.4, -0.2) is 60.0 Å². The molecule has 1 aromatic carbocycles. The summed E-state index contributed by atoms with van der Waals surface area (Å²) in [6.07, 6.45) is 4.13. The van der Waals surface area contributed by atoms with Gasteiger partial charge in [-0.25, -0.2) is 9.97 Å². The molecule has 154 valence electrons. The van der Waals surface area contributed by atoms with Crippen LogP contribution >= 0.6 is 0 Å². The number of rotatable bonds is 3. The van der Waals surface area contributed by atoms with E-state index in [2.05, 4.69) is 58.7 Å². The molecule has 0 spiro atoms. The number of piperazine rings is 1. The molecule has 0 radical (unpaired) electrons. The molecule has 1 aromatic heterocycles. The van der Waals surface area contributed by atoms with E-state index in [1.54, 1.807) is 6.33 Å².